The van der Waals surface area contributed by atoms with Crippen molar-refractivity contribution < 1.29 is 0 Å². The molecule has 0 spiro atoms. The van der Waals surface area contributed by atoms with E-state index in [-0.39, 0.29) is 0 Å². The molecule has 0 atom stereocenters. The predicted molar refractivity (Wildman–Crippen MR) is 76.3 cm³/mol. The summed E-state index contributed by atoms with van der Waals surface area (Å²) in [5.41, 5.74) is 4.95. The number of aryl methyl sites for hydroxylation is 1. The van der Waals surface area contributed by atoms with Crippen molar-refractivity contribution in [1.82, 2.24) is 24.6 Å². The molecule has 0 aliphatic heterocycles. The van der Waals surface area contributed by atoms with E-state index in [1.807, 2.05) is 48.1 Å². The van der Waals surface area contributed by atoms with Crippen molar-refractivity contribution in [2.24, 2.45) is 0 Å². The van der Waals surface area contributed by atoms with Gasteiger partial charge in [0.1, 0.15) is 5.82 Å². The molecule has 0 saturated carbocycles. The average molecular weight is 261 g/mol. The molecular formula is C15H11N5. The second-order valence-corrected chi connectivity index (χ2v) is 4.62. The molecule has 1 aromatic carbocycles. The van der Waals surface area contributed by atoms with Gasteiger partial charge in [-0.1, -0.05) is 6.07 Å². The fraction of sp³-hybridized carbons (Fsp3) is 0.0667. The van der Waals surface area contributed by atoms with Crippen molar-refractivity contribution in [3.63, 3.8) is 0 Å². The molecule has 4 rings (SSSR count). The second-order valence-electron chi connectivity index (χ2n) is 4.62. The third kappa shape index (κ3) is 1.64. The van der Waals surface area contributed by atoms with Crippen molar-refractivity contribution in [1.29, 1.82) is 0 Å². The number of rotatable bonds is 1. The zero-order chi connectivity index (χ0) is 13.5. The van der Waals surface area contributed by atoms with E-state index in [1.54, 1.807) is 12.4 Å². The first-order valence-electron chi connectivity index (χ1n) is 6.33. The van der Waals surface area contributed by atoms with E-state index in [0.29, 0.717) is 0 Å². The molecule has 0 unspecified atom stereocenters. The van der Waals surface area contributed by atoms with Crippen molar-refractivity contribution in [2.75, 3.05) is 0 Å². The molecule has 0 N–H and O–H groups in total. The Hall–Kier alpha value is -2.82. The minimum absolute atomic E-state index is 0.754. The van der Waals surface area contributed by atoms with Crippen LogP contribution in [-0.2, 0) is 0 Å². The molecule has 3 aromatic heterocycles. The first kappa shape index (κ1) is 11.0. The van der Waals surface area contributed by atoms with Crippen LogP contribution in [0.5, 0.6) is 0 Å². The lowest BCUT2D eigenvalue weighted by molar-refractivity contribution is 0.857. The maximum Gasteiger partial charge on any atom is 0.146 e. The normalized spacial score (nSPS) is 11.2. The summed E-state index contributed by atoms with van der Waals surface area (Å²) in [6.45, 7) is 1.88. The Morgan fingerprint density at radius 3 is 2.70 bits per heavy atom. The molecule has 0 bridgehead atoms. The lowest BCUT2D eigenvalue weighted by Gasteiger charge is -2.02. The number of aromatic nitrogens is 5. The van der Waals surface area contributed by atoms with E-state index in [0.717, 1.165) is 33.5 Å². The summed E-state index contributed by atoms with van der Waals surface area (Å²) in [7, 11) is 0. The van der Waals surface area contributed by atoms with Crippen LogP contribution >= 0.6 is 0 Å². The first-order chi connectivity index (χ1) is 9.81. The highest BCUT2D eigenvalue weighted by molar-refractivity contribution is 5.86. The lowest BCUT2D eigenvalue weighted by atomic mass is 10.1. The molecule has 96 valence electrons. The lowest BCUT2D eigenvalue weighted by Crippen LogP contribution is -1.95. The van der Waals surface area contributed by atoms with E-state index in [4.69, 9.17) is 0 Å². The summed E-state index contributed by atoms with van der Waals surface area (Å²) in [6.07, 6.45) is 7.20. The molecule has 0 radical (unpaired) electrons. The van der Waals surface area contributed by atoms with Crippen LogP contribution in [0.4, 0.5) is 0 Å². The van der Waals surface area contributed by atoms with Crippen LogP contribution in [0.2, 0.25) is 0 Å². The van der Waals surface area contributed by atoms with Crippen LogP contribution in [0, 0.1) is 6.92 Å². The van der Waals surface area contributed by atoms with Crippen molar-refractivity contribution in [3.8, 4) is 11.1 Å². The molecular weight excluding hydrogens is 250 g/mol. The fourth-order valence-corrected chi connectivity index (χ4v) is 2.36. The van der Waals surface area contributed by atoms with Crippen molar-refractivity contribution >= 4 is 16.6 Å². The third-order valence-corrected chi connectivity index (χ3v) is 3.31. The molecule has 4 aromatic rings. The number of benzene rings is 1. The van der Waals surface area contributed by atoms with Gasteiger partial charge in [0.2, 0.25) is 0 Å². The molecule has 20 heavy (non-hydrogen) atoms. The fourth-order valence-electron chi connectivity index (χ4n) is 2.36. The van der Waals surface area contributed by atoms with Gasteiger partial charge in [0, 0.05) is 24.2 Å². The van der Waals surface area contributed by atoms with Gasteiger partial charge in [-0.15, -0.1) is 0 Å². The van der Waals surface area contributed by atoms with Crippen LogP contribution < -0.4 is 0 Å². The largest absolute Gasteiger partial charge is 0.253 e. The Balaban J connectivity index is 1.96. The highest BCUT2D eigenvalue weighted by atomic mass is 15.2. The van der Waals surface area contributed by atoms with Gasteiger partial charge in [-0.3, -0.25) is 9.97 Å². The zero-order valence-electron chi connectivity index (χ0n) is 10.9. The van der Waals surface area contributed by atoms with E-state index in [2.05, 4.69) is 20.1 Å². The number of fused-ring (bicyclic) bond motifs is 2. The maximum atomic E-state index is 4.36. The molecule has 0 aliphatic rings. The van der Waals surface area contributed by atoms with Crippen molar-refractivity contribution in [3.05, 3.63) is 54.9 Å². The van der Waals surface area contributed by atoms with Crippen LogP contribution in [0.3, 0.4) is 0 Å². The SMILES string of the molecule is Cc1ncc2c(-c3ccc4nccnc4c3)ccn2n1. The summed E-state index contributed by atoms with van der Waals surface area (Å²) in [6, 6.07) is 8.11. The van der Waals surface area contributed by atoms with Gasteiger partial charge in [0.05, 0.1) is 22.7 Å². The highest BCUT2D eigenvalue weighted by Crippen LogP contribution is 2.26. The summed E-state index contributed by atoms with van der Waals surface area (Å²) in [4.78, 5) is 12.9. The summed E-state index contributed by atoms with van der Waals surface area (Å²) in [5.74, 6) is 0.754. The minimum Gasteiger partial charge on any atom is -0.253 e. The predicted octanol–water partition coefficient (Wildman–Crippen LogP) is 2.65. The van der Waals surface area contributed by atoms with Crippen LogP contribution in [0.25, 0.3) is 27.7 Å². The van der Waals surface area contributed by atoms with E-state index >= 15 is 0 Å². The maximum absolute atomic E-state index is 4.36. The quantitative estimate of drug-likeness (QED) is 0.528. The Morgan fingerprint density at radius 1 is 0.950 bits per heavy atom. The first-order valence-corrected chi connectivity index (χ1v) is 6.33. The van der Waals surface area contributed by atoms with Crippen LogP contribution in [0.1, 0.15) is 5.82 Å². The highest BCUT2D eigenvalue weighted by Gasteiger charge is 2.07. The Kier molecular flexibility index (Phi) is 2.26. The Bertz CT molecular complexity index is 926. The number of nitrogens with zero attached hydrogens (tertiary/aromatic N) is 5. The monoisotopic (exact) mass is 261 g/mol. The van der Waals surface area contributed by atoms with Gasteiger partial charge >= 0.3 is 0 Å². The van der Waals surface area contributed by atoms with Gasteiger partial charge < -0.3 is 0 Å². The Labute approximate surface area is 115 Å². The summed E-state index contributed by atoms with van der Waals surface area (Å²) >= 11 is 0. The molecule has 0 fully saturated rings. The molecule has 0 amide bonds. The van der Waals surface area contributed by atoms with Crippen molar-refractivity contribution in [2.45, 2.75) is 6.92 Å². The average Bonchev–Trinajstić information content (AvgIpc) is 2.89. The minimum atomic E-state index is 0.754. The van der Waals surface area contributed by atoms with Crippen LogP contribution in [-0.4, -0.2) is 24.6 Å². The molecule has 3 heterocycles. The van der Waals surface area contributed by atoms with Gasteiger partial charge in [-0.25, -0.2) is 9.50 Å². The third-order valence-electron chi connectivity index (χ3n) is 3.31. The van der Waals surface area contributed by atoms with Gasteiger partial charge in [-0.05, 0) is 30.7 Å². The van der Waals surface area contributed by atoms with Gasteiger partial charge in [0.15, 0.2) is 0 Å². The van der Waals surface area contributed by atoms with E-state index in [1.165, 1.54) is 0 Å². The summed E-state index contributed by atoms with van der Waals surface area (Å²) in [5, 5.41) is 4.36. The zero-order valence-corrected chi connectivity index (χ0v) is 10.9. The molecule has 5 heteroatoms. The Morgan fingerprint density at radius 2 is 1.80 bits per heavy atom. The molecule has 0 saturated heterocycles. The van der Waals surface area contributed by atoms with Gasteiger partial charge in [-0.2, -0.15) is 5.10 Å². The topological polar surface area (TPSA) is 56.0 Å². The van der Waals surface area contributed by atoms with E-state index < -0.39 is 0 Å². The standard InChI is InChI=1S/C15H11N5/c1-10-18-9-15-12(4-7-20(15)19-10)11-2-3-13-14(8-11)17-6-5-16-13/h2-9H,1H3. The molecule has 0 aliphatic carbocycles. The van der Waals surface area contributed by atoms with E-state index in [9.17, 15) is 0 Å². The number of hydrogen-bond acceptors (Lipinski definition) is 4. The summed E-state index contributed by atoms with van der Waals surface area (Å²) < 4.78 is 1.85. The van der Waals surface area contributed by atoms with Crippen LogP contribution in [0.15, 0.2) is 49.1 Å². The molecule has 5 nitrogen and oxygen atoms in total. The second kappa shape index (κ2) is 4.09. The number of hydrogen-bond donors (Lipinski definition) is 0. The van der Waals surface area contributed by atoms with Gasteiger partial charge in [0.25, 0.3) is 0 Å². The smallest absolute Gasteiger partial charge is 0.146 e.